The standard InChI is InChI=1S/C13H22N2OS/c16-13(9-12-10-17-8-7-14-12)15-6-5-11-3-1-2-4-11/h3,12,14H,1-2,4-10H2,(H,15,16). The summed E-state index contributed by atoms with van der Waals surface area (Å²) in [7, 11) is 0. The molecular formula is C13H22N2OS. The monoisotopic (exact) mass is 254 g/mol. The molecule has 2 aliphatic rings. The SMILES string of the molecule is O=C(CC1CSCCN1)NCCC1=CCCC1. The van der Waals surface area contributed by atoms with Crippen LogP contribution in [0.25, 0.3) is 0 Å². The largest absolute Gasteiger partial charge is 0.356 e. The van der Waals surface area contributed by atoms with Crippen LogP contribution in [0.3, 0.4) is 0 Å². The van der Waals surface area contributed by atoms with Crippen molar-refractivity contribution in [2.75, 3.05) is 24.6 Å². The van der Waals surface area contributed by atoms with Crippen LogP contribution >= 0.6 is 11.8 Å². The topological polar surface area (TPSA) is 41.1 Å². The van der Waals surface area contributed by atoms with E-state index < -0.39 is 0 Å². The van der Waals surface area contributed by atoms with Crippen molar-refractivity contribution in [2.24, 2.45) is 0 Å². The van der Waals surface area contributed by atoms with Crippen LogP contribution < -0.4 is 10.6 Å². The molecule has 3 nitrogen and oxygen atoms in total. The molecular weight excluding hydrogens is 232 g/mol. The van der Waals surface area contributed by atoms with Gasteiger partial charge < -0.3 is 10.6 Å². The van der Waals surface area contributed by atoms with E-state index in [1.165, 1.54) is 30.6 Å². The van der Waals surface area contributed by atoms with Crippen molar-refractivity contribution in [1.29, 1.82) is 0 Å². The van der Waals surface area contributed by atoms with Gasteiger partial charge >= 0.3 is 0 Å². The summed E-state index contributed by atoms with van der Waals surface area (Å²) in [5.41, 5.74) is 1.52. The van der Waals surface area contributed by atoms with Crippen LogP contribution in [0.4, 0.5) is 0 Å². The third kappa shape index (κ3) is 4.72. The minimum atomic E-state index is 0.198. The minimum Gasteiger partial charge on any atom is -0.356 e. The normalized spacial score (nSPS) is 24.5. The van der Waals surface area contributed by atoms with Crippen LogP contribution in [0.15, 0.2) is 11.6 Å². The molecule has 0 aromatic rings. The number of amides is 1. The van der Waals surface area contributed by atoms with E-state index in [4.69, 9.17) is 0 Å². The maximum Gasteiger partial charge on any atom is 0.221 e. The second-order valence-corrected chi connectivity index (χ2v) is 5.93. The Morgan fingerprint density at radius 1 is 1.59 bits per heavy atom. The predicted molar refractivity (Wildman–Crippen MR) is 73.3 cm³/mol. The Morgan fingerprint density at radius 3 is 3.24 bits per heavy atom. The van der Waals surface area contributed by atoms with Crippen molar-refractivity contribution < 1.29 is 4.79 Å². The molecule has 1 fully saturated rings. The fraction of sp³-hybridized carbons (Fsp3) is 0.769. The minimum absolute atomic E-state index is 0.198. The van der Waals surface area contributed by atoms with Crippen LogP contribution in [0.1, 0.15) is 32.1 Å². The molecule has 4 heteroatoms. The van der Waals surface area contributed by atoms with Crippen LogP contribution in [-0.2, 0) is 4.79 Å². The Hall–Kier alpha value is -0.480. The smallest absolute Gasteiger partial charge is 0.221 e. The van der Waals surface area contributed by atoms with Crippen molar-refractivity contribution in [1.82, 2.24) is 10.6 Å². The predicted octanol–water partition coefficient (Wildman–Crippen LogP) is 1.70. The second-order valence-electron chi connectivity index (χ2n) is 4.78. The number of allylic oxidation sites excluding steroid dienone is 1. The molecule has 0 spiro atoms. The molecule has 1 aliphatic heterocycles. The van der Waals surface area contributed by atoms with Crippen LogP contribution in [0, 0.1) is 0 Å². The molecule has 0 bridgehead atoms. The van der Waals surface area contributed by atoms with E-state index in [0.717, 1.165) is 25.3 Å². The van der Waals surface area contributed by atoms with Crippen LogP contribution in [0.5, 0.6) is 0 Å². The Balaban J connectivity index is 1.56. The van der Waals surface area contributed by atoms with E-state index in [1.807, 2.05) is 11.8 Å². The summed E-state index contributed by atoms with van der Waals surface area (Å²) in [6.07, 6.45) is 7.76. The van der Waals surface area contributed by atoms with E-state index in [2.05, 4.69) is 16.7 Å². The molecule has 1 unspecified atom stereocenters. The van der Waals surface area contributed by atoms with Crippen LogP contribution in [0.2, 0.25) is 0 Å². The fourth-order valence-corrected chi connectivity index (χ4v) is 3.32. The summed E-state index contributed by atoms with van der Waals surface area (Å²) in [6.45, 7) is 1.85. The summed E-state index contributed by atoms with van der Waals surface area (Å²) < 4.78 is 0. The molecule has 0 radical (unpaired) electrons. The Morgan fingerprint density at radius 2 is 2.53 bits per heavy atom. The van der Waals surface area contributed by atoms with Gasteiger partial charge in [-0.3, -0.25) is 4.79 Å². The molecule has 2 N–H and O–H groups in total. The molecule has 1 atom stereocenters. The zero-order valence-electron chi connectivity index (χ0n) is 10.3. The summed E-state index contributed by atoms with van der Waals surface area (Å²) >= 11 is 1.94. The zero-order valence-corrected chi connectivity index (χ0v) is 11.2. The molecule has 1 heterocycles. The van der Waals surface area contributed by atoms with E-state index in [9.17, 15) is 4.79 Å². The number of hydrogen-bond donors (Lipinski definition) is 2. The first-order valence-corrected chi connectivity index (χ1v) is 7.76. The summed E-state index contributed by atoms with van der Waals surface area (Å²) in [6, 6.07) is 0.374. The number of nitrogens with one attached hydrogen (secondary N) is 2. The van der Waals surface area contributed by atoms with Crippen molar-refractivity contribution in [2.45, 2.75) is 38.1 Å². The van der Waals surface area contributed by atoms with Crippen molar-refractivity contribution in [3.8, 4) is 0 Å². The molecule has 1 amide bonds. The number of hydrogen-bond acceptors (Lipinski definition) is 3. The molecule has 0 aromatic heterocycles. The van der Waals surface area contributed by atoms with Crippen molar-refractivity contribution in [3.05, 3.63) is 11.6 Å². The van der Waals surface area contributed by atoms with Crippen LogP contribution in [-0.4, -0.2) is 36.5 Å². The Kier molecular flexibility index (Phi) is 5.39. The van der Waals surface area contributed by atoms with Gasteiger partial charge in [0, 0.05) is 37.1 Å². The van der Waals surface area contributed by atoms with Gasteiger partial charge in [-0.05, 0) is 25.7 Å². The van der Waals surface area contributed by atoms with E-state index in [-0.39, 0.29) is 5.91 Å². The molecule has 1 aliphatic carbocycles. The number of thioether (sulfide) groups is 1. The van der Waals surface area contributed by atoms with Crippen molar-refractivity contribution in [3.63, 3.8) is 0 Å². The number of rotatable bonds is 5. The Bertz CT molecular complexity index is 285. The van der Waals surface area contributed by atoms with E-state index >= 15 is 0 Å². The zero-order chi connectivity index (χ0) is 11.9. The molecule has 0 saturated carbocycles. The van der Waals surface area contributed by atoms with Gasteiger partial charge in [-0.1, -0.05) is 11.6 Å². The lowest BCUT2D eigenvalue weighted by Crippen LogP contribution is -2.41. The molecule has 17 heavy (non-hydrogen) atoms. The summed E-state index contributed by atoms with van der Waals surface area (Å²) in [5, 5.41) is 6.42. The van der Waals surface area contributed by atoms with Gasteiger partial charge in [-0.25, -0.2) is 0 Å². The second kappa shape index (κ2) is 7.07. The van der Waals surface area contributed by atoms with Gasteiger partial charge in [-0.2, -0.15) is 11.8 Å². The van der Waals surface area contributed by atoms with Gasteiger partial charge in [0.1, 0.15) is 0 Å². The van der Waals surface area contributed by atoms with Crippen molar-refractivity contribution >= 4 is 17.7 Å². The average molecular weight is 254 g/mol. The van der Waals surface area contributed by atoms with E-state index in [1.54, 1.807) is 0 Å². The fourth-order valence-electron chi connectivity index (χ4n) is 2.37. The highest BCUT2D eigenvalue weighted by Gasteiger charge is 2.16. The highest BCUT2D eigenvalue weighted by Crippen LogP contribution is 2.19. The first-order valence-electron chi connectivity index (χ1n) is 6.60. The quantitative estimate of drug-likeness (QED) is 0.734. The third-order valence-corrected chi connectivity index (χ3v) is 4.46. The first-order chi connectivity index (χ1) is 8.34. The van der Waals surface area contributed by atoms with Gasteiger partial charge in [0.15, 0.2) is 0 Å². The summed E-state index contributed by atoms with van der Waals surface area (Å²) in [5.74, 6) is 2.44. The number of carbonyl (C=O) groups excluding carboxylic acids is 1. The molecule has 0 aromatic carbocycles. The van der Waals surface area contributed by atoms with Gasteiger partial charge in [0.2, 0.25) is 5.91 Å². The Labute approximate surface area is 108 Å². The molecule has 2 rings (SSSR count). The first kappa shape index (κ1) is 13.0. The van der Waals surface area contributed by atoms with Gasteiger partial charge in [0.05, 0.1) is 0 Å². The summed E-state index contributed by atoms with van der Waals surface area (Å²) in [4.78, 5) is 11.7. The van der Waals surface area contributed by atoms with E-state index in [0.29, 0.717) is 12.5 Å². The molecule has 1 saturated heterocycles. The van der Waals surface area contributed by atoms with Gasteiger partial charge in [0.25, 0.3) is 0 Å². The highest BCUT2D eigenvalue weighted by molar-refractivity contribution is 7.99. The number of carbonyl (C=O) groups is 1. The third-order valence-electron chi connectivity index (χ3n) is 3.33. The lowest BCUT2D eigenvalue weighted by atomic mass is 10.1. The lowest BCUT2D eigenvalue weighted by molar-refractivity contribution is -0.121. The lowest BCUT2D eigenvalue weighted by Gasteiger charge is -2.22. The maximum atomic E-state index is 11.7. The molecule has 96 valence electrons. The average Bonchev–Trinajstić information content (AvgIpc) is 2.83. The highest BCUT2D eigenvalue weighted by atomic mass is 32.2. The maximum absolute atomic E-state index is 11.7. The van der Waals surface area contributed by atoms with Gasteiger partial charge in [-0.15, -0.1) is 0 Å².